The van der Waals surface area contributed by atoms with Gasteiger partial charge in [-0.1, -0.05) is 34.6 Å². The third kappa shape index (κ3) is 4.22. The van der Waals surface area contributed by atoms with Crippen LogP contribution >= 0.6 is 0 Å². The van der Waals surface area contributed by atoms with Gasteiger partial charge < -0.3 is 4.57 Å². The topological polar surface area (TPSA) is 41.6 Å². The van der Waals surface area contributed by atoms with E-state index >= 15 is 0 Å². The van der Waals surface area contributed by atoms with Crippen molar-refractivity contribution in [2.24, 2.45) is 5.92 Å². The minimum absolute atomic E-state index is 0.583. The van der Waals surface area contributed by atoms with Crippen molar-refractivity contribution < 1.29 is 0 Å². The third-order valence-electron chi connectivity index (χ3n) is 2.43. The molecule has 0 bridgehead atoms. The van der Waals surface area contributed by atoms with Gasteiger partial charge in [-0.15, -0.1) is 0 Å². The molecule has 0 fully saturated rings. The quantitative estimate of drug-likeness (QED) is 0.798. The summed E-state index contributed by atoms with van der Waals surface area (Å²) in [6.07, 6.45) is 2.02. The summed E-state index contributed by atoms with van der Waals surface area (Å²) in [7, 11) is 0. The Morgan fingerprint density at radius 1 is 1.35 bits per heavy atom. The molecular weight excluding hydrogens is 210 g/mol. The first-order valence-corrected chi connectivity index (χ1v) is 6.56. The molecule has 0 spiro atoms. The minimum atomic E-state index is 0.583. The van der Waals surface area contributed by atoms with E-state index in [2.05, 4.69) is 36.4 Å². The van der Waals surface area contributed by atoms with Crippen molar-refractivity contribution in [1.82, 2.24) is 9.55 Å². The Morgan fingerprint density at radius 3 is 2.35 bits per heavy atom. The first-order valence-electron chi connectivity index (χ1n) is 6.56. The first-order chi connectivity index (χ1) is 8.10. The minimum Gasteiger partial charge on any atom is -0.331 e. The normalized spacial score (nSPS) is 9.76. The highest BCUT2D eigenvalue weighted by Crippen LogP contribution is 2.14. The first kappa shape index (κ1) is 15.7. The number of aromatic nitrogens is 2. The molecule has 1 aromatic heterocycles. The van der Waals surface area contributed by atoms with E-state index in [1.54, 1.807) is 0 Å². The largest absolute Gasteiger partial charge is 0.331 e. The fourth-order valence-electron chi connectivity index (χ4n) is 1.72. The zero-order valence-electron chi connectivity index (χ0n) is 12.0. The molecule has 96 valence electrons. The van der Waals surface area contributed by atoms with E-state index in [4.69, 9.17) is 5.26 Å². The molecule has 0 aliphatic carbocycles. The summed E-state index contributed by atoms with van der Waals surface area (Å²) < 4.78 is 2.19. The average molecular weight is 235 g/mol. The highest BCUT2D eigenvalue weighted by molar-refractivity contribution is 5.28. The lowest BCUT2D eigenvalue weighted by molar-refractivity contribution is 0.497. The molecule has 0 atom stereocenters. The second-order valence-corrected chi connectivity index (χ2v) is 4.33. The molecule has 0 aromatic carbocycles. The van der Waals surface area contributed by atoms with Gasteiger partial charge >= 0.3 is 0 Å². The Kier molecular flexibility index (Phi) is 7.29. The van der Waals surface area contributed by atoms with Crippen molar-refractivity contribution in [3.8, 4) is 6.07 Å². The summed E-state index contributed by atoms with van der Waals surface area (Å²) in [6, 6.07) is 2.16. The molecule has 17 heavy (non-hydrogen) atoms. The van der Waals surface area contributed by atoms with Crippen LogP contribution in [0.25, 0.3) is 0 Å². The Hall–Kier alpha value is -1.30. The molecule has 1 aromatic rings. The molecule has 0 saturated heterocycles. The Morgan fingerprint density at radius 2 is 1.94 bits per heavy atom. The van der Waals surface area contributed by atoms with Gasteiger partial charge in [-0.3, -0.25) is 0 Å². The zero-order chi connectivity index (χ0) is 13.4. The second kappa shape index (κ2) is 7.89. The van der Waals surface area contributed by atoms with Crippen molar-refractivity contribution in [2.75, 3.05) is 0 Å². The van der Waals surface area contributed by atoms with Crippen LogP contribution in [-0.4, -0.2) is 9.55 Å². The number of rotatable bonds is 4. The van der Waals surface area contributed by atoms with Gasteiger partial charge in [0.2, 0.25) is 0 Å². The average Bonchev–Trinajstić information content (AvgIpc) is 2.60. The Labute approximate surface area is 105 Å². The molecule has 0 aliphatic rings. The van der Waals surface area contributed by atoms with Crippen LogP contribution in [0.3, 0.4) is 0 Å². The monoisotopic (exact) mass is 235 g/mol. The fraction of sp³-hybridized carbons (Fsp3) is 0.714. The van der Waals surface area contributed by atoms with Gasteiger partial charge in [0.1, 0.15) is 11.9 Å². The van der Waals surface area contributed by atoms with Crippen molar-refractivity contribution in [1.29, 1.82) is 5.26 Å². The van der Waals surface area contributed by atoms with Crippen molar-refractivity contribution in [2.45, 2.75) is 60.9 Å². The maximum atomic E-state index is 8.93. The third-order valence-corrected chi connectivity index (χ3v) is 2.43. The maximum absolute atomic E-state index is 8.93. The second-order valence-electron chi connectivity index (χ2n) is 4.33. The van der Waals surface area contributed by atoms with Crippen LogP contribution in [0.1, 0.15) is 58.3 Å². The lowest BCUT2D eigenvalue weighted by Crippen LogP contribution is -2.10. The zero-order valence-corrected chi connectivity index (χ0v) is 12.0. The molecular formula is C14H25N3. The van der Waals surface area contributed by atoms with Crippen molar-refractivity contribution in [3.63, 3.8) is 0 Å². The predicted octanol–water partition coefficient (Wildman–Crippen LogP) is 3.70. The molecule has 0 saturated carbocycles. The molecule has 1 rings (SSSR count). The lowest BCUT2D eigenvalue weighted by Gasteiger charge is -2.11. The van der Waals surface area contributed by atoms with E-state index in [1.807, 2.05) is 20.8 Å². The van der Waals surface area contributed by atoms with Crippen LogP contribution in [0.15, 0.2) is 0 Å². The molecule has 3 nitrogen and oxygen atoms in total. The highest BCUT2D eigenvalue weighted by atomic mass is 15.1. The summed E-state index contributed by atoms with van der Waals surface area (Å²) in [5.41, 5.74) is 1.59. The van der Waals surface area contributed by atoms with Crippen molar-refractivity contribution >= 4 is 0 Å². The Balaban J connectivity index is 0.00000121. The van der Waals surface area contributed by atoms with Crippen LogP contribution in [0.4, 0.5) is 0 Å². The van der Waals surface area contributed by atoms with Gasteiger partial charge in [0.15, 0.2) is 5.69 Å². The van der Waals surface area contributed by atoms with Crippen LogP contribution in [-0.2, 0) is 13.0 Å². The molecule has 1 heterocycles. The number of nitriles is 1. The lowest BCUT2D eigenvalue weighted by atomic mass is 10.2. The van der Waals surface area contributed by atoms with Crippen LogP contribution in [0, 0.1) is 24.2 Å². The number of nitrogens with zero attached hydrogens (tertiary/aromatic N) is 3. The smallest absolute Gasteiger partial charge is 0.161 e. The van der Waals surface area contributed by atoms with E-state index in [1.165, 1.54) is 0 Å². The number of hydrogen-bond donors (Lipinski definition) is 0. The van der Waals surface area contributed by atoms with Crippen LogP contribution in [0.2, 0.25) is 0 Å². The standard InChI is InChI=1S/C12H19N3.C2H6/c1-5-6-12-14-11(7-13)10(4)15(12)8-9(2)3;1-2/h9H,5-6,8H2,1-4H3;1-2H3. The van der Waals surface area contributed by atoms with E-state index in [0.717, 1.165) is 30.9 Å². The molecule has 3 heteroatoms. The van der Waals surface area contributed by atoms with Gasteiger partial charge in [-0.05, 0) is 19.3 Å². The van der Waals surface area contributed by atoms with Gasteiger partial charge in [-0.25, -0.2) is 4.98 Å². The summed E-state index contributed by atoms with van der Waals surface area (Å²) >= 11 is 0. The summed E-state index contributed by atoms with van der Waals surface area (Å²) in [6.45, 7) is 13.4. The predicted molar refractivity (Wildman–Crippen MR) is 71.9 cm³/mol. The van der Waals surface area contributed by atoms with E-state index < -0.39 is 0 Å². The van der Waals surface area contributed by atoms with Gasteiger partial charge in [0.05, 0.1) is 5.69 Å². The molecule has 0 aliphatic heterocycles. The SMILES string of the molecule is CC.CCCc1nc(C#N)c(C)n1CC(C)C. The molecule has 0 amide bonds. The highest BCUT2D eigenvalue weighted by Gasteiger charge is 2.13. The number of hydrogen-bond acceptors (Lipinski definition) is 2. The molecule has 0 unspecified atom stereocenters. The molecule has 0 radical (unpaired) electrons. The molecule has 0 N–H and O–H groups in total. The fourth-order valence-corrected chi connectivity index (χ4v) is 1.72. The maximum Gasteiger partial charge on any atom is 0.161 e. The summed E-state index contributed by atoms with van der Waals surface area (Å²) in [5, 5.41) is 8.93. The Bertz CT molecular complexity index is 370. The van der Waals surface area contributed by atoms with Gasteiger partial charge in [-0.2, -0.15) is 5.26 Å². The van der Waals surface area contributed by atoms with Gasteiger partial charge in [0, 0.05) is 13.0 Å². The van der Waals surface area contributed by atoms with Crippen LogP contribution in [0.5, 0.6) is 0 Å². The van der Waals surface area contributed by atoms with Gasteiger partial charge in [0.25, 0.3) is 0 Å². The summed E-state index contributed by atoms with van der Waals surface area (Å²) in [5.74, 6) is 1.64. The number of imidazole rings is 1. The summed E-state index contributed by atoms with van der Waals surface area (Å²) in [4.78, 5) is 4.37. The van der Waals surface area contributed by atoms with Crippen LogP contribution < -0.4 is 0 Å². The van der Waals surface area contributed by atoms with E-state index in [9.17, 15) is 0 Å². The van der Waals surface area contributed by atoms with E-state index in [-0.39, 0.29) is 0 Å². The van der Waals surface area contributed by atoms with Crippen molar-refractivity contribution in [3.05, 3.63) is 17.2 Å². The van der Waals surface area contributed by atoms with E-state index in [0.29, 0.717) is 11.6 Å². The number of aryl methyl sites for hydroxylation is 1.